The van der Waals surface area contributed by atoms with Gasteiger partial charge in [0.25, 0.3) is 0 Å². The van der Waals surface area contributed by atoms with Crippen LogP contribution in [0.1, 0.15) is 115 Å². The molecule has 6 nitrogen and oxygen atoms in total. The molecule has 1 aromatic heterocycles. The van der Waals surface area contributed by atoms with Crippen molar-refractivity contribution < 1.29 is 9.90 Å². The summed E-state index contributed by atoms with van der Waals surface area (Å²) in [6, 6.07) is 11.9. The van der Waals surface area contributed by atoms with E-state index in [2.05, 4.69) is 79.8 Å². The standard InChI is InChI=1S/C47H66N4O2S/c1-32(2)36-16-21-47(49-25-26-50-27-29-51(30-28-50)54-35-9-8-24-48-31-35)23-22-45(6)38(41(36)47)14-15-40-44(5)19-17-37(33-10-12-34(13-11-33)42(52)53)43(3,4)39(44)18-20-46(40,45)7/h8-13,17,24,31,36,38-41,49H,1,14-16,18-23,25-30H2,2-7H3,(H,52,53). The fourth-order valence-electron chi connectivity index (χ4n) is 14.4. The molecule has 4 saturated carbocycles. The van der Waals surface area contributed by atoms with Crippen LogP contribution in [0.5, 0.6) is 0 Å². The molecule has 2 aromatic rings. The molecule has 6 aliphatic rings. The Balaban J connectivity index is 0.984. The van der Waals surface area contributed by atoms with Crippen LogP contribution in [-0.4, -0.2) is 70.1 Å². The average molecular weight is 751 g/mol. The second-order valence-electron chi connectivity index (χ2n) is 19.7. The number of nitrogens with zero attached hydrogens (tertiary/aromatic N) is 3. The van der Waals surface area contributed by atoms with Crippen molar-refractivity contribution in [1.29, 1.82) is 0 Å². The second kappa shape index (κ2) is 14.2. The van der Waals surface area contributed by atoms with Crippen molar-refractivity contribution in [2.75, 3.05) is 39.3 Å². The van der Waals surface area contributed by atoms with E-state index in [-0.39, 0.29) is 16.4 Å². The van der Waals surface area contributed by atoms with Gasteiger partial charge in [-0.05, 0) is 163 Å². The number of rotatable bonds is 9. The van der Waals surface area contributed by atoms with Gasteiger partial charge in [0.15, 0.2) is 0 Å². The number of allylic oxidation sites excluding steroid dienone is 3. The molecule has 8 rings (SSSR count). The van der Waals surface area contributed by atoms with Crippen LogP contribution in [0.25, 0.3) is 5.57 Å². The summed E-state index contributed by atoms with van der Waals surface area (Å²) in [5, 5.41) is 13.9. The number of aromatic nitrogens is 1. The van der Waals surface area contributed by atoms with Crippen LogP contribution >= 0.6 is 11.9 Å². The topological polar surface area (TPSA) is 68.7 Å². The number of hydrogen-bond acceptors (Lipinski definition) is 6. The molecule has 5 fully saturated rings. The van der Waals surface area contributed by atoms with Crippen LogP contribution in [0.3, 0.4) is 0 Å². The van der Waals surface area contributed by atoms with Crippen molar-refractivity contribution in [3.05, 3.63) is 78.1 Å². The predicted molar refractivity (Wildman–Crippen MR) is 222 cm³/mol. The number of hydrogen-bond donors (Lipinski definition) is 2. The smallest absolute Gasteiger partial charge is 0.335 e. The third-order valence-corrected chi connectivity index (χ3v) is 18.3. The molecule has 1 aromatic carbocycles. The first-order valence-corrected chi connectivity index (χ1v) is 22.0. The number of fused-ring (bicyclic) bond motifs is 7. The summed E-state index contributed by atoms with van der Waals surface area (Å²) in [6.45, 7) is 26.8. The highest BCUT2D eigenvalue weighted by Gasteiger charge is 2.70. The van der Waals surface area contributed by atoms with E-state index in [4.69, 9.17) is 0 Å². The molecule has 0 spiro atoms. The van der Waals surface area contributed by atoms with Crippen molar-refractivity contribution in [2.45, 2.75) is 110 Å². The highest BCUT2D eigenvalue weighted by Crippen LogP contribution is 2.76. The molecule has 292 valence electrons. The van der Waals surface area contributed by atoms with Crippen LogP contribution < -0.4 is 5.32 Å². The Labute approximate surface area is 330 Å². The molecule has 7 heteroatoms. The monoisotopic (exact) mass is 750 g/mol. The van der Waals surface area contributed by atoms with Crippen LogP contribution in [-0.2, 0) is 0 Å². The van der Waals surface area contributed by atoms with Crippen molar-refractivity contribution in [3.8, 4) is 0 Å². The summed E-state index contributed by atoms with van der Waals surface area (Å²) >= 11 is 1.85. The number of piperazine rings is 1. The first kappa shape index (κ1) is 38.4. The second-order valence-corrected chi connectivity index (χ2v) is 20.9. The summed E-state index contributed by atoms with van der Waals surface area (Å²) in [5.74, 6) is 2.48. The van der Waals surface area contributed by atoms with Crippen LogP contribution in [0.2, 0.25) is 0 Å². The van der Waals surface area contributed by atoms with Crippen molar-refractivity contribution in [3.63, 3.8) is 0 Å². The van der Waals surface area contributed by atoms with Crippen LogP contribution in [0.4, 0.5) is 0 Å². The minimum atomic E-state index is -0.855. The van der Waals surface area contributed by atoms with E-state index in [0.29, 0.717) is 40.1 Å². The summed E-state index contributed by atoms with van der Waals surface area (Å²) in [7, 11) is 0. The van der Waals surface area contributed by atoms with Crippen LogP contribution in [0.15, 0.2) is 71.9 Å². The Kier molecular flexibility index (Phi) is 10.1. The lowest BCUT2D eigenvalue weighted by Gasteiger charge is -2.72. The van der Waals surface area contributed by atoms with Gasteiger partial charge in [-0.3, -0.25) is 9.88 Å². The maximum absolute atomic E-state index is 11.6. The molecule has 1 saturated heterocycles. The Morgan fingerprint density at radius 1 is 0.926 bits per heavy atom. The van der Waals surface area contributed by atoms with Crippen molar-refractivity contribution in [1.82, 2.24) is 19.5 Å². The van der Waals surface area contributed by atoms with Gasteiger partial charge < -0.3 is 10.4 Å². The average Bonchev–Trinajstić information content (AvgIpc) is 3.53. The van der Waals surface area contributed by atoms with Gasteiger partial charge >= 0.3 is 5.97 Å². The number of benzene rings is 1. The molecule has 1 aliphatic heterocycles. The maximum atomic E-state index is 11.6. The highest BCUT2D eigenvalue weighted by atomic mass is 32.2. The van der Waals surface area contributed by atoms with Gasteiger partial charge in [0.1, 0.15) is 0 Å². The number of carboxylic acids is 1. The van der Waals surface area contributed by atoms with Gasteiger partial charge in [-0.15, -0.1) is 0 Å². The number of pyridine rings is 1. The number of carbonyl (C=O) groups is 1. The first-order chi connectivity index (χ1) is 25.7. The zero-order valence-corrected chi connectivity index (χ0v) is 34.8. The normalized spacial score (nSPS) is 39.1. The quantitative estimate of drug-likeness (QED) is 0.195. The Morgan fingerprint density at radius 3 is 2.37 bits per heavy atom. The Bertz CT molecular complexity index is 1750. The van der Waals surface area contributed by atoms with E-state index < -0.39 is 5.97 Å². The van der Waals surface area contributed by atoms with E-state index in [1.54, 1.807) is 12.1 Å². The number of nitrogens with one attached hydrogen (secondary N) is 1. The third kappa shape index (κ3) is 6.17. The SMILES string of the molecule is C=C(C)C1CCC2(NCCN3CCN(Sc4cccnc4)CC3)CCC3(C)C(CCC4C5(C)CC=C(c6ccc(C(=O)O)cc6)C(C)(C)C5CCC43C)C12. The molecule has 5 aliphatic carbocycles. The van der Waals surface area contributed by atoms with E-state index in [9.17, 15) is 9.90 Å². The molecule has 2 N–H and O–H groups in total. The lowest BCUT2D eigenvalue weighted by molar-refractivity contribution is -0.219. The molecule has 9 atom stereocenters. The van der Waals surface area contributed by atoms with Gasteiger partial charge in [-0.1, -0.05) is 65.0 Å². The highest BCUT2D eigenvalue weighted by molar-refractivity contribution is 7.97. The van der Waals surface area contributed by atoms with Gasteiger partial charge in [0.05, 0.1) is 5.56 Å². The molecule has 9 unspecified atom stereocenters. The molecular formula is C47H66N4O2S. The van der Waals surface area contributed by atoms with E-state index in [1.807, 2.05) is 42.5 Å². The van der Waals surface area contributed by atoms with Crippen molar-refractivity contribution >= 4 is 23.5 Å². The maximum Gasteiger partial charge on any atom is 0.335 e. The summed E-state index contributed by atoms with van der Waals surface area (Å²) in [4.78, 5) is 19.8. The minimum Gasteiger partial charge on any atom is -0.478 e. The van der Waals surface area contributed by atoms with Gasteiger partial charge in [0, 0.05) is 62.1 Å². The molecule has 54 heavy (non-hydrogen) atoms. The zero-order valence-electron chi connectivity index (χ0n) is 34.0. The van der Waals surface area contributed by atoms with E-state index in [0.717, 1.165) is 51.6 Å². The van der Waals surface area contributed by atoms with Crippen LogP contribution in [0, 0.1) is 51.2 Å². The lowest BCUT2D eigenvalue weighted by atomic mass is 9.33. The number of carboxylic acid groups (broad SMARTS) is 1. The third-order valence-electron chi connectivity index (χ3n) is 17.2. The largest absolute Gasteiger partial charge is 0.478 e. The van der Waals surface area contributed by atoms with Gasteiger partial charge in [-0.25, -0.2) is 9.10 Å². The zero-order chi connectivity index (χ0) is 38.1. The van der Waals surface area contributed by atoms with Crippen molar-refractivity contribution in [2.24, 2.45) is 51.2 Å². The summed E-state index contributed by atoms with van der Waals surface area (Å²) in [5.41, 5.74) is 5.55. The van der Waals surface area contributed by atoms with Gasteiger partial charge in [0.2, 0.25) is 0 Å². The lowest BCUT2D eigenvalue weighted by Crippen LogP contribution is -2.68. The molecular weight excluding hydrogens is 685 g/mol. The Morgan fingerprint density at radius 2 is 1.69 bits per heavy atom. The number of aromatic carboxylic acids is 1. The molecule has 0 bridgehead atoms. The molecule has 0 amide bonds. The predicted octanol–water partition coefficient (Wildman–Crippen LogP) is 10.1. The minimum absolute atomic E-state index is 0.0316. The molecule has 0 radical (unpaired) electrons. The van der Waals surface area contributed by atoms with E-state index in [1.165, 1.54) is 73.0 Å². The van der Waals surface area contributed by atoms with Gasteiger partial charge in [-0.2, -0.15) is 0 Å². The summed E-state index contributed by atoms with van der Waals surface area (Å²) < 4.78 is 2.50. The Hall–Kier alpha value is -2.45. The van der Waals surface area contributed by atoms with E-state index >= 15 is 0 Å². The summed E-state index contributed by atoms with van der Waals surface area (Å²) in [6.07, 6.45) is 18.0. The first-order valence-electron chi connectivity index (χ1n) is 21.2. The molecule has 2 heterocycles. The fourth-order valence-corrected chi connectivity index (χ4v) is 15.3. The fraction of sp³-hybridized carbons (Fsp3) is 0.660.